The van der Waals surface area contributed by atoms with Gasteiger partial charge in [0.15, 0.2) is 0 Å². The van der Waals surface area contributed by atoms with Gasteiger partial charge in [0.1, 0.15) is 0 Å². The molecule has 0 unspecified atom stereocenters. The molecule has 0 bridgehead atoms. The van der Waals surface area contributed by atoms with E-state index < -0.39 is 11.7 Å². The minimum atomic E-state index is -4.38. The van der Waals surface area contributed by atoms with Crippen molar-refractivity contribution in [2.75, 3.05) is 5.32 Å². The number of carbonyl (C=O) groups is 1. The SMILES string of the molecule is CCC(=O)Nc1c[nH]c2ccc(-c3ccnn3-c3ccc(C(F)(F)F)cc3)cc12. The summed E-state index contributed by atoms with van der Waals surface area (Å²) in [4.78, 5) is 14.9. The molecule has 8 heteroatoms. The summed E-state index contributed by atoms with van der Waals surface area (Å²) in [6, 6.07) is 12.3. The highest BCUT2D eigenvalue weighted by Crippen LogP contribution is 2.32. The maximum Gasteiger partial charge on any atom is 0.416 e. The van der Waals surface area contributed by atoms with Gasteiger partial charge in [-0.3, -0.25) is 4.79 Å². The fourth-order valence-corrected chi connectivity index (χ4v) is 3.14. The van der Waals surface area contributed by atoms with Crippen molar-refractivity contribution in [1.82, 2.24) is 14.8 Å². The number of H-pyrrole nitrogens is 1. The largest absolute Gasteiger partial charge is 0.416 e. The Bertz CT molecular complexity index is 1170. The van der Waals surface area contributed by atoms with Gasteiger partial charge in [-0.2, -0.15) is 18.3 Å². The van der Waals surface area contributed by atoms with E-state index in [1.165, 1.54) is 12.1 Å². The van der Waals surface area contributed by atoms with Crippen molar-refractivity contribution in [2.24, 2.45) is 0 Å². The summed E-state index contributed by atoms with van der Waals surface area (Å²) in [5.74, 6) is -0.0916. The van der Waals surface area contributed by atoms with E-state index in [2.05, 4.69) is 15.4 Å². The number of aromatic amines is 1. The molecule has 0 aliphatic carbocycles. The van der Waals surface area contributed by atoms with E-state index in [0.29, 0.717) is 17.8 Å². The molecule has 29 heavy (non-hydrogen) atoms. The summed E-state index contributed by atoms with van der Waals surface area (Å²) in [6.07, 6.45) is -0.694. The number of aromatic nitrogens is 3. The van der Waals surface area contributed by atoms with Crippen LogP contribution in [0.5, 0.6) is 0 Å². The fourth-order valence-electron chi connectivity index (χ4n) is 3.14. The smallest absolute Gasteiger partial charge is 0.359 e. The summed E-state index contributed by atoms with van der Waals surface area (Å²) in [5, 5.41) is 7.96. The average molecular weight is 398 g/mol. The molecule has 0 spiro atoms. The van der Waals surface area contributed by atoms with E-state index >= 15 is 0 Å². The zero-order chi connectivity index (χ0) is 20.6. The number of halogens is 3. The molecule has 2 N–H and O–H groups in total. The van der Waals surface area contributed by atoms with E-state index in [4.69, 9.17) is 0 Å². The van der Waals surface area contributed by atoms with Crippen LogP contribution in [0, 0.1) is 0 Å². The van der Waals surface area contributed by atoms with Gasteiger partial charge in [0.2, 0.25) is 5.91 Å². The molecule has 1 amide bonds. The molecule has 4 rings (SSSR count). The number of anilines is 1. The molecule has 0 atom stereocenters. The van der Waals surface area contributed by atoms with Crippen LogP contribution in [0.3, 0.4) is 0 Å². The summed E-state index contributed by atoms with van der Waals surface area (Å²) in [6.45, 7) is 1.78. The summed E-state index contributed by atoms with van der Waals surface area (Å²) < 4.78 is 40.0. The van der Waals surface area contributed by atoms with Crippen LogP contribution in [-0.4, -0.2) is 20.7 Å². The van der Waals surface area contributed by atoms with Crippen LogP contribution >= 0.6 is 0 Å². The normalized spacial score (nSPS) is 11.7. The lowest BCUT2D eigenvalue weighted by atomic mass is 10.1. The van der Waals surface area contributed by atoms with E-state index in [-0.39, 0.29) is 5.91 Å². The number of hydrogen-bond donors (Lipinski definition) is 2. The van der Waals surface area contributed by atoms with Gasteiger partial charge in [-0.25, -0.2) is 4.68 Å². The Morgan fingerprint density at radius 1 is 1.14 bits per heavy atom. The molecule has 0 fully saturated rings. The highest BCUT2D eigenvalue weighted by Gasteiger charge is 2.30. The highest BCUT2D eigenvalue weighted by molar-refractivity contribution is 6.02. The van der Waals surface area contributed by atoms with E-state index in [1.54, 1.807) is 30.1 Å². The zero-order valence-electron chi connectivity index (χ0n) is 15.4. The lowest BCUT2D eigenvalue weighted by molar-refractivity contribution is -0.137. The molecular weight excluding hydrogens is 381 g/mol. The molecule has 0 radical (unpaired) electrons. The third-order valence-corrected chi connectivity index (χ3v) is 4.65. The quantitative estimate of drug-likeness (QED) is 0.484. The Labute approximate surface area is 164 Å². The Balaban J connectivity index is 1.73. The fraction of sp³-hybridized carbons (Fsp3) is 0.143. The van der Waals surface area contributed by atoms with Crippen LogP contribution in [0.2, 0.25) is 0 Å². The summed E-state index contributed by atoms with van der Waals surface area (Å²) in [5.41, 5.74) is 2.89. The number of hydrogen-bond acceptors (Lipinski definition) is 2. The van der Waals surface area contributed by atoms with Crippen LogP contribution in [0.4, 0.5) is 18.9 Å². The molecule has 0 saturated heterocycles. The maximum absolute atomic E-state index is 12.8. The van der Waals surface area contributed by atoms with E-state index in [1.807, 2.05) is 18.2 Å². The van der Waals surface area contributed by atoms with E-state index in [9.17, 15) is 18.0 Å². The minimum absolute atomic E-state index is 0.0916. The third-order valence-electron chi connectivity index (χ3n) is 4.65. The summed E-state index contributed by atoms with van der Waals surface area (Å²) >= 11 is 0. The van der Waals surface area contributed by atoms with Gasteiger partial charge in [-0.15, -0.1) is 0 Å². The van der Waals surface area contributed by atoms with E-state index in [0.717, 1.165) is 34.3 Å². The van der Waals surface area contributed by atoms with Crippen LogP contribution in [0.1, 0.15) is 18.9 Å². The predicted molar refractivity (Wildman–Crippen MR) is 105 cm³/mol. The van der Waals surface area contributed by atoms with Gasteiger partial charge in [0, 0.05) is 29.1 Å². The first-order valence-corrected chi connectivity index (χ1v) is 9.00. The second-order valence-electron chi connectivity index (χ2n) is 6.54. The Kier molecular flexibility index (Phi) is 4.62. The van der Waals surface area contributed by atoms with Crippen LogP contribution in [0.15, 0.2) is 60.9 Å². The van der Waals surface area contributed by atoms with Crippen LogP contribution < -0.4 is 5.32 Å². The summed E-state index contributed by atoms with van der Waals surface area (Å²) in [7, 11) is 0. The zero-order valence-corrected chi connectivity index (χ0v) is 15.4. The standard InChI is InChI=1S/C21H17F3N4O/c1-2-20(29)27-18-12-25-17-8-3-13(11-16(17)18)19-9-10-26-28(19)15-6-4-14(5-7-15)21(22,23)24/h3-12,25H,2H2,1H3,(H,27,29). The molecule has 2 aromatic heterocycles. The van der Waals surface area contributed by atoms with Crippen molar-refractivity contribution in [3.8, 4) is 16.9 Å². The van der Waals surface area contributed by atoms with Crippen molar-refractivity contribution in [2.45, 2.75) is 19.5 Å². The first-order chi connectivity index (χ1) is 13.9. The van der Waals surface area contributed by atoms with Gasteiger partial charge in [-0.1, -0.05) is 13.0 Å². The van der Waals surface area contributed by atoms with Crippen molar-refractivity contribution in [1.29, 1.82) is 0 Å². The van der Waals surface area contributed by atoms with Crippen LogP contribution in [-0.2, 0) is 11.0 Å². The van der Waals surface area contributed by atoms with Crippen molar-refractivity contribution < 1.29 is 18.0 Å². The lowest BCUT2D eigenvalue weighted by Crippen LogP contribution is -2.08. The number of alkyl halides is 3. The minimum Gasteiger partial charge on any atom is -0.359 e. The first-order valence-electron chi connectivity index (χ1n) is 9.00. The molecule has 4 aromatic rings. The Hall–Kier alpha value is -3.55. The molecular formula is C21H17F3N4O. The number of benzene rings is 2. The van der Waals surface area contributed by atoms with Crippen molar-refractivity contribution in [3.05, 3.63) is 66.5 Å². The van der Waals surface area contributed by atoms with Gasteiger partial charge in [0.05, 0.1) is 28.8 Å². The number of amides is 1. The van der Waals surface area contributed by atoms with Gasteiger partial charge < -0.3 is 10.3 Å². The topological polar surface area (TPSA) is 62.7 Å². The highest BCUT2D eigenvalue weighted by atomic mass is 19.4. The number of nitrogens with zero attached hydrogens (tertiary/aromatic N) is 2. The molecule has 0 aliphatic heterocycles. The third kappa shape index (κ3) is 3.61. The molecule has 2 aromatic carbocycles. The van der Waals surface area contributed by atoms with Gasteiger partial charge in [-0.05, 0) is 42.5 Å². The van der Waals surface area contributed by atoms with Crippen molar-refractivity contribution in [3.63, 3.8) is 0 Å². The average Bonchev–Trinajstić information content (AvgIpc) is 3.34. The number of carbonyl (C=O) groups excluding carboxylic acids is 1. The predicted octanol–water partition coefficient (Wildman–Crippen LogP) is 5.39. The molecule has 2 heterocycles. The second kappa shape index (κ2) is 7.12. The lowest BCUT2D eigenvalue weighted by Gasteiger charge is -2.11. The molecule has 148 valence electrons. The first kappa shape index (κ1) is 18.8. The molecule has 5 nitrogen and oxygen atoms in total. The van der Waals surface area contributed by atoms with Gasteiger partial charge >= 0.3 is 6.18 Å². The maximum atomic E-state index is 12.8. The number of fused-ring (bicyclic) bond motifs is 1. The Morgan fingerprint density at radius 2 is 1.90 bits per heavy atom. The van der Waals surface area contributed by atoms with Gasteiger partial charge in [0.25, 0.3) is 0 Å². The molecule has 0 aliphatic rings. The monoisotopic (exact) mass is 398 g/mol. The van der Waals surface area contributed by atoms with Crippen LogP contribution in [0.25, 0.3) is 27.8 Å². The Morgan fingerprint density at radius 3 is 2.59 bits per heavy atom. The van der Waals surface area contributed by atoms with Crippen molar-refractivity contribution >= 4 is 22.5 Å². The number of rotatable bonds is 4. The number of nitrogens with one attached hydrogen (secondary N) is 2. The second-order valence-corrected chi connectivity index (χ2v) is 6.54. The molecule has 0 saturated carbocycles.